The van der Waals surface area contributed by atoms with Crippen molar-refractivity contribution in [1.82, 2.24) is 0 Å². The number of benzene rings is 2. The highest BCUT2D eigenvalue weighted by Gasteiger charge is 2.27. The van der Waals surface area contributed by atoms with E-state index in [9.17, 15) is 8.42 Å². The quantitative estimate of drug-likeness (QED) is 0.580. The van der Waals surface area contributed by atoms with E-state index in [0.29, 0.717) is 34.6 Å². The van der Waals surface area contributed by atoms with Crippen molar-refractivity contribution in [2.24, 2.45) is 0 Å². The Morgan fingerprint density at radius 3 is 2.26 bits per heavy atom. The topological polar surface area (TPSA) is 65.1 Å². The predicted molar refractivity (Wildman–Crippen MR) is 107 cm³/mol. The van der Waals surface area contributed by atoms with Gasteiger partial charge in [0.2, 0.25) is 0 Å². The third-order valence-electron chi connectivity index (χ3n) is 3.74. The Labute approximate surface area is 165 Å². The lowest BCUT2D eigenvalue weighted by Gasteiger charge is -2.25. The summed E-state index contributed by atoms with van der Waals surface area (Å²) in [7, 11) is -0.994. The summed E-state index contributed by atoms with van der Waals surface area (Å²) in [5, 5.41) is 0.315. The van der Waals surface area contributed by atoms with Crippen molar-refractivity contribution in [3.8, 4) is 17.2 Å². The van der Waals surface area contributed by atoms with Crippen LogP contribution in [0.15, 0.2) is 53.9 Å². The fourth-order valence-corrected chi connectivity index (χ4v) is 4.15. The molecule has 0 aliphatic carbocycles. The maximum atomic E-state index is 13.3. The SMILES string of the molecule is C=CCN(c1cc(OC)c(Cl)cc1OC)S(=O)(=O)c1ccc(OCC)cc1. The highest BCUT2D eigenvalue weighted by molar-refractivity contribution is 7.92. The molecule has 0 amide bonds. The maximum absolute atomic E-state index is 13.3. The molecule has 0 N–H and O–H groups in total. The van der Waals surface area contributed by atoms with E-state index in [1.165, 1.54) is 48.9 Å². The molecule has 0 spiro atoms. The van der Waals surface area contributed by atoms with Crippen LogP contribution in [-0.4, -0.2) is 35.8 Å². The van der Waals surface area contributed by atoms with Crippen molar-refractivity contribution in [3.63, 3.8) is 0 Å². The third-order valence-corrected chi connectivity index (χ3v) is 5.83. The van der Waals surface area contributed by atoms with Crippen LogP contribution < -0.4 is 18.5 Å². The molecule has 0 heterocycles. The van der Waals surface area contributed by atoms with Crippen molar-refractivity contribution in [1.29, 1.82) is 0 Å². The Morgan fingerprint density at radius 1 is 1.11 bits per heavy atom. The number of nitrogens with zero attached hydrogens (tertiary/aromatic N) is 1. The zero-order valence-corrected chi connectivity index (χ0v) is 17.0. The van der Waals surface area contributed by atoms with Gasteiger partial charge in [-0.15, -0.1) is 6.58 Å². The van der Waals surface area contributed by atoms with E-state index in [1.54, 1.807) is 12.1 Å². The van der Waals surface area contributed by atoms with E-state index in [-0.39, 0.29) is 11.4 Å². The van der Waals surface area contributed by atoms with Crippen molar-refractivity contribution < 1.29 is 22.6 Å². The third kappa shape index (κ3) is 4.48. The van der Waals surface area contributed by atoms with Crippen LogP contribution in [0.5, 0.6) is 17.2 Å². The fourth-order valence-electron chi connectivity index (χ4n) is 2.48. The number of hydrogen-bond donors (Lipinski definition) is 0. The summed E-state index contributed by atoms with van der Waals surface area (Å²) in [6, 6.07) is 9.26. The van der Waals surface area contributed by atoms with Gasteiger partial charge in [-0.05, 0) is 31.2 Å². The number of hydrogen-bond acceptors (Lipinski definition) is 5. The molecular formula is C19H22ClNO5S. The van der Waals surface area contributed by atoms with Gasteiger partial charge in [-0.2, -0.15) is 0 Å². The van der Waals surface area contributed by atoms with Gasteiger partial charge in [0, 0.05) is 12.1 Å². The molecule has 146 valence electrons. The summed E-state index contributed by atoms with van der Waals surface area (Å²) in [4.78, 5) is 0.115. The van der Waals surface area contributed by atoms with Crippen molar-refractivity contribution in [3.05, 3.63) is 54.1 Å². The summed E-state index contributed by atoms with van der Waals surface area (Å²) in [5.41, 5.74) is 0.299. The van der Waals surface area contributed by atoms with Crippen LogP contribution in [0.3, 0.4) is 0 Å². The lowest BCUT2D eigenvalue weighted by atomic mass is 10.2. The monoisotopic (exact) mass is 411 g/mol. The molecule has 0 aliphatic heterocycles. The number of sulfonamides is 1. The van der Waals surface area contributed by atoms with Crippen LogP contribution in [0, 0.1) is 0 Å². The van der Waals surface area contributed by atoms with Crippen LogP contribution in [0.2, 0.25) is 5.02 Å². The molecule has 0 atom stereocenters. The summed E-state index contributed by atoms with van der Waals surface area (Å²) in [6.07, 6.45) is 1.49. The van der Waals surface area contributed by atoms with Gasteiger partial charge in [0.15, 0.2) is 0 Å². The second-order valence-corrected chi connectivity index (χ2v) is 7.66. The van der Waals surface area contributed by atoms with Gasteiger partial charge >= 0.3 is 0 Å². The summed E-state index contributed by atoms with van der Waals surface area (Å²) in [6.45, 7) is 6.06. The highest BCUT2D eigenvalue weighted by Crippen LogP contribution is 2.40. The summed E-state index contributed by atoms with van der Waals surface area (Å²) >= 11 is 6.13. The molecule has 0 saturated carbocycles. The molecule has 0 saturated heterocycles. The van der Waals surface area contributed by atoms with E-state index in [2.05, 4.69) is 6.58 Å². The number of halogens is 1. The lowest BCUT2D eigenvalue weighted by molar-refractivity contribution is 0.340. The molecular weight excluding hydrogens is 390 g/mol. The normalized spacial score (nSPS) is 11.0. The number of methoxy groups -OCH3 is 2. The molecule has 6 nitrogen and oxygen atoms in total. The highest BCUT2D eigenvalue weighted by atomic mass is 35.5. The average molecular weight is 412 g/mol. The Kier molecular flexibility index (Phi) is 6.98. The fraction of sp³-hybridized carbons (Fsp3) is 0.263. The molecule has 0 aromatic heterocycles. The first-order valence-electron chi connectivity index (χ1n) is 8.17. The van der Waals surface area contributed by atoms with Crippen LogP contribution in [0.1, 0.15) is 6.92 Å². The molecule has 27 heavy (non-hydrogen) atoms. The van der Waals surface area contributed by atoms with Gasteiger partial charge in [0.1, 0.15) is 17.2 Å². The number of ether oxygens (including phenoxy) is 3. The number of rotatable bonds is 9. The zero-order chi connectivity index (χ0) is 20.0. The van der Waals surface area contributed by atoms with Crippen LogP contribution >= 0.6 is 11.6 Å². The molecule has 0 radical (unpaired) electrons. The van der Waals surface area contributed by atoms with Crippen LogP contribution in [0.4, 0.5) is 5.69 Å². The average Bonchev–Trinajstić information content (AvgIpc) is 2.66. The van der Waals surface area contributed by atoms with E-state index in [1.807, 2.05) is 6.92 Å². The summed E-state index contributed by atoms with van der Waals surface area (Å²) < 4.78 is 43.6. The molecule has 0 unspecified atom stereocenters. The van der Waals surface area contributed by atoms with Crippen molar-refractivity contribution in [2.75, 3.05) is 31.7 Å². The van der Waals surface area contributed by atoms with E-state index in [0.717, 1.165) is 0 Å². The molecule has 0 fully saturated rings. The lowest BCUT2D eigenvalue weighted by Crippen LogP contribution is -2.31. The van der Waals surface area contributed by atoms with E-state index >= 15 is 0 Å². The smallest absolute Gasteiger partial charge is 0.264 e. The second-order valence-electron chi connectivity index (χ2n) is 5.39. The molecule has 2 rings (SSSR count). The minimum absolute atomic E-state index is 0.0384. The van der Waals surface area contributed by atoms with E-state index in [4.69, 9.17) is 25.8 Å². The first-order valence-corrected chi connectivity index (χ1v) is 9.98. The molecule has 0 aliphatic rings. The van der Waals surface area contributed by atoms with Crippen LogP contribution in [0.25, 0.3) is 0 Å². The Morgan fingerprint density at radius 2 is 1.74 bits per heavy atom. The molecule has 2 aromatic rings. The zero-order valence-electron chi connectivity index (χ0n) is 15.4. The van der Waals surface area contributed by atoms with E-state index < -0.39 is 10.0 Å². The first-order chi connectivity index (χ1) is 12.9. The Hall–Kier alpha value is -2.38. The second kappa shape index (κ2) is 9.01. The summed E-state index contributed by atoms with van der Waals surface area (Å²) in [5.74, 6) is 1.23. The van der Waals surface area contributed by atoms with Crippen molar-refractivity contribution >= 4 is 27.3 Å². The van der Waals surface area contributed by atoms with Gasteiger partial charge in [-0.1, -0.05) is 17.7 Å². The minimum atomic E-state index is -3.89. The molecule has 8 heteroatoms. The molecule has 2 aromatic carbocycles. The van der Waals surface area contributed by atoms with Gasteiger partial charge in [-0.3, -0.25) is 4.31 Å². The van der Waals surface area contributed by atoms with Crippen LogP contribution in [-0.2, 0) is 10.0 Å². The van der Waals surface area contributed by atoms with Gasteiger partial charge in [-0.25, -0.2) is 8.42 Å². The predicted octanol–water partition coefficient (Wildman–Crippen LogP) is 4.14. The van der Waals surface area contributed by atoms with Gasteiger partial charge in [0.25, 0.3) is 10.0 Å². The minimum Gasteiger partial charge on any atom is -0.495 e. The largest absolute Gasteiger partial charge is 0.495 e. The van der Waals surface area contributed by atoms with Gasteiger partial charge < -0.3 is 14.2 Å². The number of anilines is 1. The van der Waals surface area contributed by atoms with Gasteiger partial charge in [0.05, 0.1) is 43.0 Å². The first kappa shape index (κ1) is 20.9. The van der Waals surface area contributed by atoms with Crippen molar-refractivity contribution in [2.45, 2.75) is 11.8 Å². The molecule has 0 bridgehead atoms. The standard InChI is InChI=1S/C19H22ClNO5S/c1-5-11-21(17-13-18(24-3)16(20)12-19(17)25-4)27(22,23)15-9-7-14(8-10-15)26-6-2/h5,7-10,12-13H,1,6,11H2,2-4H3. The maximum Gasteiger partial charge on any atom is 0.264 e. The Balaban J connectivity index is 2.57. The Bertz CT molecular complexity index is 897.